The Balaban J connectivity index is 1.74. The van der Waals surface area contributed by atoms with Crippen molar-refractivity contribution >= 4 is 11.8 Å². The smallest absolute Gasteiger partial charge is 0.337 e. The summed E-state index contributed by atoms with van der Waals surface area (Å²) in [6.45, 7) is 1.84. The summed E-state index contributed by atoms with van der Waals surface area (Å²) in [6, 6.07) is 6.20. The average Bonchev–Trinajstić information content (AvgIpc) is 2.68. The predicted octanol–water partition coefficient (Wildman–Crippen LogP) is 4.67. The normalized spacial score (nSPS) is 23.4. The zero-order valence-corrected chi connectivity index (χ0v) is 16.2. The van der Waals surface area contributed by atoms with Crippen molar-refractivity contribution in [1.29, 1.82) is 0 Å². The summed E-state index contributed by atoms with van der Waals surface area (Å²) in [5.41, 5.74) is 3.21. The van der Waals surface area contributed by atoms with Crippen LogP contribution < -0.4 is 5.32 Å². The predicted molar refractivity (Wildman–Crippen MR) is 104 cm³/mol. The molecule has 4 rings (SSSR count). The maximum Gasteiger partial charge on any atom is 0.337 e. The van der Waals surface area contributed by atoms with Crippen molar-refractivity contribution in [1.82, 2.24) is 5.32 Å². The Bertz CT molecular complexity index is 864. The number of ketones is 1. The second-order valence-corrected chi connectivity index (χ2v) is 7.99. The third kappa shape index (κ3) is 3.62. The number of hydrogen-bond acceptors (Lipinski definition) is 4. The Kier molecular flexibility index (Phi) is 5.33. The maximum atomic E-state index is 14.0. The highest BCUT2D eigenvalue weighted by molar-refractivity contribution is 6.03. The Hall–Kier alpha value is -2.43. The van der Waals surface area contributed by atoms with Crippen LogP contribution in [0.2, 0.25) is 0 Å². The first kappa shape index (κ1) is 18.9. The molecule has 5 heteroatoms. The molecule has 0 radical (unpaired) electrons. The Morgan fingerprint density at radius 3 is 2.68 bits per heavy atom. The fourth-order valence-electron chi connectivity index (χ4n) is 4.67. The van der Waals surface area contributed by atoms with Gasteiger partial charge in [0.15, 0.2) is 5.78 Å². The number of hydrogen-bond donors (Lipinski definition) is 1. The summed E-state index contributed by atoms with van der Waals surface area (Å²) in [7, 11) is 0. The Morgan fingerprint density at radius 2 is 1.93 bits per heavy atom. The van der Waals surface area contributed by atoms with E-state index in [1.165, 1.54) is 18.6 Å². The lowest BCUT2D eigenvalue weighted by atomic mass is 9.75. The highest BCUT2D eigenvalue weighted by atomic mass is 19.1. The lowest BCUT2D eigenvalue weighted by Gasteiger charge is -2.35. The van der Waals surface area contributed by atoms with Gasteiger partial charge in [0.05, 0.1) is 5.57 Å². The van der Waals surface area contributed by atoms with Crippen LogP contribution >= 0.6 is 0 Å². The molecule has 1 saturated carbocycles. The van der Waals surface area contributed by atoms with E-state index >= 15 is 0 Å². The lowest BCUT2D eigenvalue weighted by Crippen LogP contribution is -2.35. The van der Waals surface area contributed by atoms with Gasteiger partial charge in [-0.15, -0.1) is 0 Å². The number of benzene rings is 1. The van der Waals surface area contributed by atoms with Crippen LogP contribution in [0.25, 0.3) is 0 Å². The molecule has 0 bridgehead atoms. The number of carbonyl (C=O) groups excluding carboxylic acids is 2. The molecular formula is C23H26FNO3. The molecule has 1 N–H and O–H groups in total. The average molecular weight is 383 g/mol. The number of ether oxygens (including phenoxy) is 1. The molecule has 1 fully saturated rings. The summed E-state index contributed by atoms with van der Waals surface area (Å²) in [4.78, 5) is 26.0. The maximum absolute atomic E-state index is 14.0. The van der Waals surface area contributed by atoms with Gasteiger partial charge in [-0.1, -0.05) is 18.6 Å². The lowest BCUT2D eigenvalue weighted by molar-refractivity contribution is -0.146. The second kappa shape index (κ2) is 7.90. The van der Waals surface area contributed by atoms with Crippen LogP contribution in [0.1, 0.15) is 69.8 Å². The van der Waals surface area contributed by atoms with Crippen molar-refractivity contribution < 1.29 is 18.7 Å². The van der Waals surface area contributed by atoms with Crippen LogP contribution in [0.15, 0.2) is 46.8 Å². The van der Waals surface area contributed by atoms with Crippen molar-refractivity contribution in [3.63, 3.8) is 0 Å². The number of Topliss-reactive ketones (excluding diaryl/α,β-unsaturated/α-hetero) is 1. The SMILES string of the molecule is CC1=C(C(=O)OC2CCCCC2)[C@@H](c2cccc(F)c2)C2=C(CCCC2=O)N1. The van der Waals surface area contributed by atoms with E-state index in [1.807, 2.05) is 6.92 Å². The van der Waals surface area contributed by atoms with Gasteiger partial charge in [0.1, 0.15) is 11.9 Å². The van der Waals surface area contributed by atoms with Crippen LogP contribution in [0, 0.1) is 5.82 Å². The molecule has 0 aromatic heterocycles. The number of esters is 1. The standard InChI is InChI=1S/C23H26FNO3/c1-14-20(23(27)28-17-9-3-2-4-10-17)21(15-7-5-8-16(24)13-15)22-18(25-14)11-6-12-19(22)26/h5,7-8,13,17,21,25H,2-4,6,9-12H2,1H3/t21-/m1/s1. The first-order chi connectivity index (χ1) is 13.5. The molecule has 0 spiro atoms. The van der Waals surface area contributed by atoms with Gasteiger partial charge in [0, 0.05) is 29.3 Å². The van der Waals surface area contributed by atoms with E-state index in [1.54, 1.807) is 12.1 Å². The molecular weight excluding hydrogens is 357 g/mol. The molecule has 3 aliphatic rings. The summed E-state index contributed by atoms with van der Waals surface area (Å²) < 4.78 is 19.8. The minimum absolute atomic E-state index is 0.0264. The van der Waals surface area contributed by atoms with Crippen LogP contribution in [0.5, 0.6) is 0 Å². The number of allylic oxidation sites excluding steroid dienone is 3. The van der Waals surface area contributed by atoms with Crippen LogP contribution in [0.3, 0.4) is 0 Å². The highest BCUT2D eigenvalue weighted by Gasteiger charge is 2.39. The number of dihydropyridines is 1. The number of halogens is 1. The van der Waals surface area contributed by atoms with E-state index in [0.29, 0.717) is 28.8 Å². The van der Waals surface area contributed by atoms with Gasteiger partial charge < -0.3 is 10.1 Å². The van der Waals surface area contributed by atoms with E-state index in [-0.39, 0.29) is 17.7 Å². The van der Waals surface area contributed by atoms with Gasteiger partial charge >= 0.3 is 5.97 Å². The Labute approximate surface area is 164 Å². The fourth-order valence-corrected chi connectivity index (χ4v) is 4.67. The van der Waals surface area contributed by atoms with Crippen LogP contribution in [-0.2, 0) is 14.3 Å². The molecule has 1 heterocycles. The van der Waals surface area contributed by atoms with Crippen molar-refractivity contribution in [3.05, 3.63) is 58.2 Å². The molecule has 2 aliphatic carbocycles. The van der Waals surface area contributed by atoms with Crippen molar-refractivity contribution in [2.75, 3.05) is 0 Å². The minimum atomic E-state index is -0.573. The molecule has 1 aromatic rings. The van der Waals surface area contributed by atoms with Crippen LogP contribution in [-0.4, -0.2) is 17.9 Å². The van der Waals surface area contributed by atoms with Gasteiger partial charge in [-0.2, -0.15) is 0 Å². The minimum Gasteiger partial charge on any atom is -0.459 e. The quantitative estimate of drug-likeness (QED) is 0.771. The molecule has 28 heavy (non-hydrogen) atoms. The van der Waals surface area contributed by atoms with E-state index in [4.69, 9.17) is 4.74 Å². The van der Waals surface area contributed by atoms with Crippen molar-refractivity contribution in [2.45, 2.75) is 70.3 Å². The van der Waals surface area contributed by atoms with Gasteiger partial charge in [0.2, 0.25) is 0 Å². The molecule has 1 aliphatic heterocycles. The molecule has 0 amide bonds. The third-order valence-corrected chi connectivity index (χ3v) is 6.00. The van der Waals surface area contributed by atoms with E-state index in [0.717, 1.165) is 44.2 Å². The molecule has 0 unspecified atom stereocenters. The molecule has 148 valence electrons. The number of nitrogens with one attached hydrogen (secondary N) is 1. The summed E-state index contributed by atoms with van der Waals surface area (Å²) in [6.07, 6.45) is 6.98. The van der Waals surface area contributed by atoms with Gasteiger partial charge in [0.25, 0.3) is 0 Å². The number of carbonyl (C=O) groups is 2. The second-order valence-electron chi connectivity index (χ2n) is 7.99. The molecule has 0 saturated heterocycles. The van der Waals surface area contributed by atoms with Gasteiger partial charge in [-0.05, 0) is 63.1 Å². The zero-order valence-electron chi connectivity index (χ0n) is 16.2. The zero-order chi connectivity index (χ0) is 19.7. The van der Waals surface area contributed by atoms with E-state index in [2.05, 4.69) is 5.32 Å². The van der Waals surface area contributed by atoms with Gasteiger partial charge in [-0.3, -0.25) is 4.79 Å². The summed E-state index contributed by atoms with van der Waals surface area (Å²) >= 11 is 0. The van der Waals surface area contributed by atoms with Crippen LogP contribution in [0.4, 0.5) is 4.39 Å². The third-order valence-electron chi connectivity index (χ3n) is 6.00. The van der Waals surface area contributed by atoms with Crippen molar-refractivity contribution in [2.24, 2.45) is 0 Å². The fraction of sp³-hybridized carbons (Fsp3) is 0.478. The summed E-state index contributed by atoms with van der Waals surface area (Å²) in [5.74, 6) is -1.32. The summed E-state index contributed by atoms with van der Waals surface area (Å²) in [5, 5.41) is 3.28. The Morgan fingerprint density at radius 1 is 1.14 bits per heavy atom. The first-order valence-electron chi connectivity index (χ1n) is 10.2. The monoisotopic (exact) mass is 383 g/mol. The van der Waals surface area contributed by atoms with E-state index in [9.17, 15) is 14.0 Å². The topological polar surface area (TPSA) is 55.4 Å². The molecule has 1 aromatic carbocycles. The van der Waals surface area contributed by atoms with E-state index < -0.39 is 11.9 Å². The van der Waals surface area contributed by atoms with Crippen molar-refractivity contribution in [3.8, 4) is 0 Å². The molecule has 1 atom stereocenters. The largest absolute Gasteiger partial charge is 0.459 e. The highest BCUT2D eigenvalue weighted by Crippen LogP contribution is 2.43. The molecule has 4 nitrogen and oxygen atoms in total. The van der Waals surface area contributed by atoms with Gasteiger partial charge in [-0.25, -0.2) is 9.18 Å². The number of rotatable bonds is 3. The first-order valence-corrected chi connectivity index (χ1v) is 10.2.